The van der Waals surface area contributed by atoms with Crippen LogP contribution in [-0.2, 0) is 4.74 Å². The summed E-state index contributed by atoms with van der Waals surface area (Å²) in [5.41, 5.74) is 9.22. The van der Waals surface area contributed by atoms with Crippen molar-refractivity contribution in [3.8, 4) is 0 Å². The summed E-state index contributed by atoms with van der Waals surface area (Å²) in [5.74, 6) is 0. The van der Waals surface area contributed by atoms with E-state index in [9.17, 15) is 0 Å². The van der Waals surface area contributed by atoms with Crippen molar-refractivity contribution >= 4 is 0 Å². The second-order valence-electron chi connectivity index (χ2n) is 6.58. The fourth-order valence-electron chi connectivity index (χ4n) is 4.06. The van der Waals surface area contributed by atoms with Crippen LogP contribution >= 0.6 is 0 Å². The van der Waals surface area contributed by atoms with Gasteiger partial charge in [-0.15, -0.1) is 0 Å². The normalized spacial score (nSPS) is 29.1. The van der Waals surface area contributed by atoms with Crippen molar-refractivity contribution < 1.29 is 4.74 Å². The van der Waals surface area contributed by atoms with Gasteiger partial charge < -0.3 is 10.5 Å². The molecule has 0 amide bonds. The summed E-state index contributed by atoms with van der Waals surface area (Å²) in [5, 5.41) is 0. The van der Waals surface area contributed by atoms with Crippen LogP contribution in [0.3, 0.4) is 0 Å². The molecule has 0 aromatic heterocycles. The molecule has 3 heteroatoms. The molecular formula is C18H28N2O. The van der Waals surface area contributed by atoms with E-state index in [0.717, 1.165) is 19.6 Å². The summed E-state index contributed by atoms with van der Waals surface area (Å²) in [6, 6.07) is 9.94. The molecule has 1 aromatic carbocycles. The van der Waals surface area contributed by atoms with Gasteiger partial charge in [0.05, 0.1) is 18.8 Å². The van der Waals surface area contributed by atoms with Gasteiger partial charge >= 0.3 is 0 Å². The predicted octanol–water partition coefficient (Wildman–Crippen LogP) is 3.03. The molecule has 1 aliphatic carbocycles. The van der Waals surface area contributed by atoms with Gasteiger partial charge in [-0.1, -0.05) is 36.8 Å². The van der Waals surface area contributed by atoms with Gasteiger partial charge in [0.25, 0.3) is 0 Å². The summed E-state index contributed by atoms with van der Waals surface area (Å²) < 4.78 is 5.97. The van der Waals surface area contributed by atoms with E-state index < -0.39 is 0 Å². The van der Waals surface area contributed by atoms with Gasteiger partial charge in [0.15, 0.2) is 0 Å². The summed E-state index contributed by atoms with van der Waals surface area (Å²) in [4.78, 5) is 2.64. The molecule has 0 spiro atoms. The molecule has 1 heterocycles. The second-order valence-corrected chi connectivity index (χ2v) is 6.58. The first-order valence-electron chi connectivity index (χ1n) is 8.40. The summed E-state index contributed by atoms with van der Waals surface area (Å²) in [6.07, 6.45) is 5.18. The first-order valence-corrected chi connectivity index (χ1v) is 8.40. The number of rotatable bonds is 4. The molecule has 0 bridgehead atoms. The Morgan fingerprint density at radius 1 is 1.38 bits per heavy atom. The number of hydrogen-bond acceptors (Lipinski definition) is 3. The average molecular weight is 288 g/mol. The summed E-state index contributed by atoms with van der Waals surface area (Å²) in [6.45, 7) is 6.21. The van der Waals surface area contributed by atoms with Crippen molar-refractivity contribution in [1.82, 2.24) is 4.90 Å². The Labute approximate surface area is 128 Å². The van der Waals surface area contributed by atoms with E-state index in [1.165, 1.54) is 30.4 Å². The van der Waals surface area contributed by atoms with Gasteiger partial charge in [0, 0.05) is 18.6 Å². The fourth-order valence-corrected chi connectivity index (χ4v) is 4.06. The molecule has 4 unspecified atom stereocenters. The molecule has 1 aliphatic heterocycles. The maximum Gasteiger partial charge on any atom is 0.0731 e. The Bertz CT molecular complexity index is 476. The Morgan fingerprint density at radius 2 is 2.24 bits per heavy atom. The highest BCUT2D eigenvalue weighted by Crippen LogP contribution is 2.37. The zero-order valence-corrected chi connectivity index (χ0v) is 13.3. The van der Waals surface area contributed by atoms with Crippen molar-refractivity contribution in [2.24, 2.45) is 5.73 Å². The Balaban J connectivity index is 1.91. The van der Waals surface area contributed by atoms with Crippen LogP contribution in [-0.4, -0.2) is 36.2 Å². The summed E-state index contributed by atoms with van der Waals surface area (Å²) in [7, 11) is 0. The lowest BCUT2D eigenvalue weighted by Gasteiger charge is -2.44. The molecule has 0 radical (unpaired) electrons. The van der Waals surface area contributed by atoms with Crippen LogP contribution < -0.4 is 5.73 Å². The second kappa shape index (κ2) is 6.47. The van der Waals surface area contributed by atoms with Crippen LogP contribution in [0.25, 0.3) is 0 Å². The Morgan fingerprint density at radius 3 is 3.00 bits per heavy atom. The molecule has 3 nitrogen and oxygen atoms in total. The highest BCUT2D eigenvalue weighted by Gasteiger charge is 2.40. The smallest absolute Gasteiger partial charge is 0.0731 e. The molecule has 2 N–H and O–H groups in total. The largest absolute Gasteiger partial charge is 0.375 e. The number of nitrogens with zero attached hydrogens (tertiary/aromatic N) is 1. The number of hydrogen-bond donors (Lipinski definition) is 1. The zero-order valence-electron chi connectivity index (χ0n) is 13.3. The molecule has 116 valence electrons. The average Bonchev–Trinajstić information content (AvgIpc) is 2.96. The molecule has 2 aliphatic rings. The van der Waals surface area contributed by atoms with Gasteiger partial charge in [0.2, 0.25) is 0 Å². The molecule has 2 fully saturated rings. The SMILES string of the molecule is CCC(N)C(c1cccc(C)c1)N1CCOC2CCCC21. The molecule has 21 heavy (non-hydrogen) atoms. The van der Waals surface area contributed by atoms with Gasteiger partial charge in [0.1, 0.15) is 0 Å². The molecule has 1 saturated carbocycles. The lowest BCUT2D eigenvalue weighted by atomic mass is 9.92. The first kappa shape index (κ1) is 15.0. The standard InChI is InChI=1S/C18H28N2O/c1-3-15(19)18(14-7-4-6-13(2)12-14)20-10-11-21-17-9-5-8-16(17)20/h4,6-7,12,15-18H,3,5,8-11,19H2,1-2H3. The van der Waals surface area contributed by atoms with Gasteiger partial charge in [-0.3, -0.25) is 4.90 Å². The van der Waals surface area contributed by atoms with Crippen LogP contribution in [0.2, 0.25) is 0 Å². The van der Waals surface area contributed by atoms with Crippen LogP contribution in [0.5, 0.6) is 0 Å². The molecule has 4 atom stereocenters. The lowest BCUT2D eigenvalue weighted by molar-refractivity contribution is -0.0762. The molecule has 1 saturated heterocycles. The minimum absolute atomic E-state index is 0.186. The minimum atomic E-state index is 0.186. The van der Waals surface area contributed by atoms with E-state index in [2.05, 4.69) is 43.0 Å². The van der Waals surface area contributed by atoms with Crippen molar-refractivity contribution in [2.45, 2.75) is 63.8 Å². The van der Waals surface area contributed by atoms with Crippen LogP contribution in [0.1, 0.15) is 49.8 Å². The number of morpholine rings is 1. The van der Waals surface area contributed by atoms with Crippen molar-refractivity contribution in [3.05, 3.63) is 35.4 Å². The minimum Gasteiger partial charge on any atom is -0.375 e. The van der Waals surface area contributed by atoms with E-state index in [0.29, 0.717) is 18.2 Å². The van der Waals surface area contributed by atoms with Crippen molar-refractivity contribution in [1.29, 1.82) is 0 Å². The molecular weight excluding hydrogens is 260 g/mol. The van der Waals surface area contributed by atoms with E-state index in [-0.39, 0.29) is 6.04 Å². The Hall–Kier alpha value is -0.900. The van der Waals surface area contributed by atoms with Crippen molar-refractivity contribution in [2.75, 3.05) is 13.2 Å². The highest BCUT2D eigenvalue weighted by atomic mass is 16.5. The highest BCUT2D eigenvalue weighted by molar-refractivity contribution is 5.27. The third-order valence-electron chi connectivity index (χ3n) is 5.14. The maximum atomic E-state index is 6.53. The van der Waals surface area contributed by atoms with Crippen LogP contribution in [0.4, 0.5) is 0 Å². The number of fused-ring (bicyclic) bond motifs is 1. The lowest BCUT2D eigenvalue weighted by Crippen LogP contribution is -2.53. The Kier molecular flexibility index (Phi) is 4.63. The first-order chi connectivity index (χ1) is 10.2. The maximum absolute atomic E-state index is 6.53. The molecule has 1 aromatic rings. The number of benzene rings is 1. The van der Waals surface area contributed by atoms with E-state index >= 15 is 0 Å². The molecule has 3 rings (SSSR count). The zero-order chi connectivity index (χ0) is 14.8. The number of aryl methyl sites for hydroxylation is 1. The van der Waals surface area contributed by atoms with Gasteiger partial charge in [-0.2, -0.15) is 0 Å². The van der Waals surface area contributed by atoms with Gasteiger partial charge in [-0.05, 0) is 38.2 Å². The monoisotopic (exact) mass is 288 g/mol. The third kappa shape index (κ3) is 3.01. The quantitative estimate of drug-likeness (QED) is 0.925. The van der Waals surface area contributed by atoms with E-state index in [4.69, 9.17) is 10.5 Å². The predicted molar refractivity (Wildman–Crippen MR) is 86.3 cm³/mol. The van der Waals surface area contributed by atoms with Crippen molar-refractivity contribution in [3.63, 3.8) is 0 Å². The van der Waals surface area contributed by atoms with Crippen LogP contribution in [0, 0.1) is 6.92 Å². The number of nitrogens with two attached hydrogens (primary N) is 1. The van der Waals surface area contributed by atoms with Gasteiger partial charge in [-0.25, -0.2) is 0 Å². The van der Waals surface area contributed by atoms with Crippen LogP contribution in [0.15, 0.2) is 24.3 Å². The topological polar surface area (TPSA) is 38.5 Å². The van der Waals surface area contributed by atoms with E-state index in [1.807, 2.05) is 0 Å². The fraction of sp³-hybridized carbons (Fsp3) is 0.667. The third-order valence-corrected chi connectivity index (χ3v) is 5.14. The number of ether oxygens (including phenoxy) is 1. The van der Waals surface area contributed by atoms with E-state index in [1.54, 1.807) is 0 Å². The summed E-state index contributed by atoms with van der Waals surface area (Å²) >= 11 is 0.